The molecule has 3 rings (SSSR count). The average molecular weight is 361 g/mol. The van der Waals surface area contributed by atoms with Gasteiger partial charge >= 0.3 is 6.55 Å². The molecule has 0 bridgehead atoms. The fraction of sp³-hybridized carbons (Fsp3) is 0.368. The molecule has 0 atom stereocenters. The van der Waals surface area contributed by atoms with Gasteiger partial charge in [-0.3, -0.25) is 4.79 Å². The molecular weight excluding hydrogens is 340 g/mol. The van der Waals surface area contributed by atoms with Gasteiger partial charge in [-0.25, -0.2) is 4.68 Å². The molecule has 138 valence electrons. The van der Waals surface area contributed by atoms with Crippen LogP contribution in [0, 0.1) is 13.8 Å². The van der Waals surface area contributed by atoms with Crippen molar-refractivity contribution in [2.24, 2.45) is 0 Å². The van der Waals surface area contributed by atoms with Gasteiger partial charge in [0.15, 0.2) is 0 Å². The predicted octanol–water partition coefficient (Wildman–Crippen LogP) is 3.46. The minimum atomic E-state index is -2.71. The molecule has 0 saturated heterocycles. The van der Waals surface area contributed by atoms with Crippen molar-refractivity contribution in [3.8, 4) is 5.75 Å². The molecule has 0 unspecified atom stereocenters. The number of benzene rings is 1. The van der Waals surface area contributed by atoms with E-state index >= 15 is 0 Å². The van der Waals surface area contributed by atoms with Crippen LogP contribution < -0.4 is 0 Å². The Morgan fingerprint density at radius 2 is 1.96 bits per heavy atom. The Morgan fingerprint density at radius 3 is 2.50 bits per heavy atom. The summed E-state index contributed by atoms with van der Waals surface area (Å²) in [5.74, 6) is 0.128. The van der Waals surface area contributed by atoms with Crippen molar-refractivity contribution >= 4 is 11.5 Å². The Morgan fingerprint density at radius 1 is 1.27 bits per heavy atom. The first kappa shape index (κ1) is 18.1. The first-order valence-electron chi connectivity index (χ1n) is 8.45. The molecule has 1 N–H and O–H groups in total. The van der Waals surface area contributed by atoms with E-state index < -0.39 is 6.55 Å². The van der Waals surface area contributed by atoms with E-state index in [1.54, 1.807) is 30.9 Å². The lowest BCUT2D eigenvalue weighted by molar-refractivity contribution is -0.130. The monoisotopic (exact) mass is 361 g/mol. The highest BCUT2D eigenvalue weighted by Crippen LogP contribution is 2.25. The van der Waals surface area contributed by atoms with Gasteiger partial charge in [-0.15, -0.1) is 0 Å². The van der Waals surface area contributed by atoms with E-state index in [2.05, 4.69) is 5.10 Å². The van der Waals surface area contributed by atoms with Gasteiger partial charge in [-0.05, 0) is 43.5 Å². The summed E-state index contributed by atoms with van der Waals surface area (Å²) in [5, 5.41) is 13.2. The van der Waals surface area contributed by atoms with Crippen LogP contribution in [0.3, 0.4) is 0 Å². The fourth-order valence-electron chi connectivity index (χ4n) is 3.24. The second kappa shape index (κ2) is 7.27. The number of carbonyl (C=O) groups is 1. The summed E-state index contributed by atoms with van der Waals surface area (Å²) in [6.45, 7) is 1.56. The lowest BCUT2D eigenvalue weighted by Crippen LogP contribution is -2.35. The Hall–Kier alpha value is -2.70. The van der Waals surface area contributed by atoms with Crippen LogP contribution in [0.4, 0.5) is 8.78 Å². The Balaban J connectivity index is 1.68. The second-order valence-electron chi connectivity index (χ2n) is 6.41. The normalized spacial score (nSPS) is 14.7. The summed E-state index contributed by atoms with van der Waals surface area (Å²) in [7, 11) is 0. The molecular formula is C19H21F2N3O2. The van der Waals surface area contributed by atoms with Gasteiger partial charge in [0.05, 0.1) is 12.1 Å². The Bertz CT molecular complexity index is 841. The zero-order valence-electron chi connectivity index (χ0n) is 14.7. The predicted molar refractivity (Wildman–Crippen MR) is 93.9 cm³/mol. The summed E-state index contributed by atoms with van der Waals surface area (Å²) in [4.78, 5) is 14.3. The number of phenolic OH excluding ortho intramolecular Hbond substituents is 1. The van der Waals surface area contributed by atoms with Crippen molar-refractivity contribution in [2.75, 3.05) is 13.1 Å². The van der Waals surface area contributed by atoms with Gasteiger partial charge in [-0.1, -0.05) is 18.2 Å². The molecule has 1 aliphatic heterocycles. The minimum Gasteiger partial charge on any atom is -0.508 e. The number of hydrogen-bond acceptors (Lipinski definition) is 3. The third-order valence-corrected chi connectivity index (χ3v) is 4.79. The third-order valence-electron chi connectivity index (χ3n) is 4.79. The fourth-order valence-corrected chi connectivity index (χ4v) is 3.24. The number of aromatic nitrogens is 2. The van der Waals surface area contributed by atoms with Gasteiger partial charge in [0.2, 0.25) is 5.91 Å². The van der Waals surface area contributed by atoms with Crippen LogP contribution in [-0.2, 0) is 11.2 Å². The summed E-state index contributed by atoms with van der Waals surface area (Å²) >= 11 is 0. The van der Waals surface area contributed by atoms with Gasteiger partial charge in [-0.2, -0.15) is 13.9 Å². The third kappa shape index (κ3) is 3.61. The average Bonchev–Trinajstić information content (AvgIpc) is 2.91. The Labute approximate surface area is 150 Å². The molecule has 1 amide bonds. The smallest absolute Gasteiger partial charge is 0.333 e. The number of amides is 1. The molecule has 0 aliphatic carbocycles. The molecule has 1 aromatic heterocycles. The Kier molecular flexibility index (Phi) is 5.06. The molecule has 0 fully saturated rings. The number of alkyl halides is 2. The first-order valence-corrected chi connectivity index (χ1v) is 8.45. The number of hydrogen-bond donors (Lipinski definition) is 1. The minimum absolute atomic E-state index is 0.0762. The number of phenols is 1. The summed E-state index contributed by atoms with van der Waals surface area (Å²) in [6.07, 6.45) is 2.79. The highest BCUT2D eigenvalue weighted by Gasteiger charge is 2.23. The summed E-state index contributed by atoms with van der Waals surface area (Å²) in [6, 6.07) is 6.98. The van der Waals surface area contributed by atoms with Crippen molar-refractivity contribution in [1.29, 1.82) is 0 Å². The van der Waals surface area contributed by atoms with Crippen molar-refractivity contribution in [2.45, 2.75) is 33.2 Å². The molecule has 0 radical (unpaired) electrons. The SMILES string of the molecule is Cc1nn(C(F)F)c(C)c1CC(=O)N1CC=C(c2ccc(O)cc2)CC1. The topological polar surface area (TPSA) is 58.4 Å². The number of carbonyl (C=O) groups excluding carboxylic acids is 1. The molecule has 1 aliphatic rings. The maximum atomic E-state index is 12.9. The number of aryl methyl sites for hydroxylation is 1. The highest BCUT2D eigenvalue weighted by molar-refractivity contribution is 5.81. The van der Waals surface area contributed by atoms with Gasteiger partial charge < -0.3 is 10.0 Å². The van der Waals surface area contributed by atoms with Crippen LogP contribution in [0.25, 0.3) is 5.57 Å². The zero-order valence-corrected chi connectivity index (χ0v) is 14.7. The van der Waals surface area contributed by atoms with E-state index in [0.29, 0.717) is 41.1 Å². The van der Waals surface area contributed by atoms with Crippen LogP contribution >= 0.6 is 0 Å². The van der Waals surface area contributed by atoms with E-state index in [0.717, 1.165) is 11.1 Å². The standard InChI is InChI=1S/C19H21F2N3O2/c1-12-17(13(2)24(22-12)19(20)21)11-18(26)23-9-7-15(8-10-23)14-3-5-16(25)6-4-14/h3-7,19,25H,8-11H2,1-2H3. The van der Waals surface area contributed by atoms with Crippen LogP contribution in [-0.4, -0.2) is 38.8 Å². The van der Waals surface area contributed by atoms with Crippen molar-refractivity contribution in [3.05, 3.63) is 52.9 Å². The number of rotatable bonds is 4. The molecule has 5 nitrogen and oxygen atoms in total. The van der Waals surface area contributed by atoms with E-state index in [4.69, 9.17) is 0 Å². The second-order valence-corrected chi connectivity index (χ2v) is 6.41. The van der Waals surface area contributed by atoms with Crippen LogP contribution in [0.1, 0.15) is 35.5 Å². The molecule has 2 heterocycles. The number of nitrogens with zero attached hydrogens (tertiary/aromatic N) is 3. The number of aromatic hydroxyl groups is 1. The van der Waals surface area contributed by atoms with Crippen LogP contribution in [0.5, 0.6) is 5.75 Å². The number of halogens is 2. The van der Waals surface area contributed by atoms with Crippen LogP contribution in [0.2, 0.25) is 0 Å². The molecule has 1 aromatic carbocycles. The maximum Gasteiger partial charge on any atom is 0.333 e. The quantitative estimate of drug-likeness (QED) is 0.907. The molecule has 7 heteroatoms. The van der Waals surface area contributed by atoms with Gasteiger partial charge in [0, 0.05) is 24.3 Å². The van der Waals surface area contributed by atoms with Gasteiger partial charge in [0.1, 0.15) is 5.75 Å². The highest BCUT2D eigenvalue weighted by atomic mass is 19.3. The molecule has 0 saturated carbocycles. The van der Waals surface area contributed by atoms with Crippen molar-refractivity contribution in [3.63, 3.8) is 0 Å². The summed E-state index contributed by atoms with van der Waals surface area (Å²) in [5.41, 5.74) is 3.53. The largest absolute Gasteiger partial charge is 0.508 e. The zero-order chi connectivity index (χ0) is 18.8. The van der Waals surface area contributed by atoms with Crippen molar-refractivity contribution in [1.82, 2.24) is 14.7 Å². The van der Waals surface area contributed by atoms with E-state index in [1.165, 1.54) is 0 Å². The van der Waals surface area contributed by atoms with E-state index in [-0.39, 0.29) is 18.1 Å². The maximum absolute atomic E-state index is 12.9. The first-order chi connectivity index (χ1) is 12.4. The molecule has 2 aromatic rings. The lowest BCUT2D eigenvalue weighted by Gasteiger charge is -2.27. The van der Waals surface area contributed by atoms with E-state index in [9.17, 15) is 18.7 Å². The molecule has 0 spiro atoms. The summed E-state index contributed by atoms with van der Waals surface area (Å²) < 4.78 is 26.5. The lowest BCUT2D eigenvalue weighted by atomic mass is 9.99. The van der Waals surface area contributed by atoms with E-state index in [1.807, 2.05) is 18.2 Å². The van der Waals surface area contributed by atoms with Crippen molar-refractivity contribution < 1.29 is 18.7 Å². The molecule has 26 heavy (non-hydrogen) atoms. The van der Waals surface area contributed by atoms with Crippen LogP contribution in [0.15, 0.2) is 30.3 Å². The van der Waals surface area contributed by atoms with Gasteiger partial charge in [0.25, 0.3) is 0 Å².